The summed E-state index contributed by atoms with van der Waals surface area (Å²) in [6, 6.07) is 20.0. The Kier molecular flexibility index (Phi) is 3.24. The summed E-state index contributed by atoms with van der Waals surface area (Å²) in [6.07, 6.45) is 5.61. The van der Waals surface area contributed by atoms with Crippen LogP contribution in [0.3, 0.4) is 0 Å². The van der Waals surface area contributed by atoms with Crippen LogP contribution in [0, 0.1) is 0 Å². The van der Waals surface area contributed by atoms with Gasteiger partial charge in [0.1, 0.15) is 0 Å². The van der Waals surface area contributed by atoms with E-state index in [9.17, 15) is 0 Å². The molecule has 0 saturated carbocycles. The summed E-state index contributed by atoms with van der Waals surface area (Å²) in [4.78, 5) is 4.25. The number of oxazole rings is 1. The van der Waals surface area contributed by atoms with Gasteiger partial charge in [-0.15, -0.1) is 0 Å². The fourth-order valence-corrected chi connectivity index (χ4v) is 1.83. The third-order valence-corrected chi connectivity index (χ3v) is 2.80. The van der Waals surface area contributed by atoms with Gasteiger partial charge >= 0.3 is 0 Å². The maximum Gasteiger partial charge on any atom is 0.219 e. The second-order valence-corrected chi connectivity index (χ2v) is 4.17. The number of hydrogen-bond acceptors (Lipinski definition) is 2. The highest BCUT2D eigenvalue weighted by molar-refractivity contribution is 5.67. The normalized spacial score (nSPS) is 10.9. The smallest absolute Gasteiger partial charge is 0.219 e. The average Bonchev–Trinajstić information content (AvgIpc) is 2.96. The number of benzene rings is 2. The van der Waals surface area contributed by atoms with Crippen molar-refractivity contribution in [2.45, 2.75) is 0 Å². The van der Waals surface area contributed by atoms with Gasteiger partial charge in [-0.1, -0.05) is 60.7 Å². The molecule has 0 radical (unpaired) electrons. The highest BCUT2D eigenvalue weighted by Crippen LogP contribution is 2.20. The molecule has 0 aliphatic rings. The number of aromatic nitrogens is 1. The van der Waals surface area contributed by atoms with Gasteiger partial charge in [-0.25, -0.2) is 4.98 Å². The van der Waals surface area contributed by atoms with E-state index in [0.717, 1.165) is 16.9 Å². The lowest BCUT2D eigenvalue weighted by molar-refractivity contribution is 0.560. The van der Waals surface area contributed by atoms with Gasteiger partial charge < -0.3 is 4.42 Å². The van der Waals surface area contributed by atoms with Crippen LogP contribution in [0.2, 0.25) is 0 Å². The van der Waals surface area contributed by atoms with E-state index in [1.54, 1.807) is 6.20 Å². The lowest BCUT2D eigenvalue weighted by Crippen LogP contribution is -1.71. The third-order valence-electron chi connectivity index (χ3n) is 2.80. The maximum atomic E-state index is 5.69. The maximum absolute atomic E-state index is 5.69. The van der Waals surface area contributed by atoms with Crippen molar-refractivity contribution < 1.29 is 4.42 Å². The molecule has 2 aromatic carbocycles. The van der Waals surface area contributed by atoms with Gasteiger partial charge in [0, 0.05) is 11.6 Å². The molecule has 3 rings (SSSR count). The van der Waals surface area contributed by atoms with Crippen LogP contribution in [-0.2, 0) is 0 Å². The van der Waals surface area contributed by atoms with Crippen LogP contribution in [-0.4, -0.2) is 4.98 Å². The first-order valence-electron chi connectivity index (χ1n) is 6.16. The summed E-state index contributed by atoms with van der Waals surface area (Å²) in [7, 11) is 0. The lowest BCUT2D eigenvalue weighted by atomic mass is 10.2. The zero-order valence-corrected chi connectivity index (χ0v) is 10.4. The summed E-state index contributed by atoms with van der Waals surface area (Å²) in [6.45, 7) is 0. The van der Waals surface area contributed by atoms with Crippen molar-refractivity contribution >= 4 is 12.2 Å². The fraction of sp³-hybridized carbons (Fsp3) is 0. The van der Waals surface area contributed by atoms with Crippen LogP contribution in [0.25, 0.3) is 23.5 Å². The van der Waals surface area contributed by atoms with Crippen molar-refractivity contribution in [3.8, 4) is 11.3 Å². The molecule has 0 aliphatic carbocycles. The SMILES string of the molecule is C(=C\c1ncc(-c2ccccc2)o1)/c1ccccc1. The van der Waals surface area contributed by atoms with Crippen molar-refractivity contribution in [1.82, 2.24) is 4.98 Å². The van der Waals surface area contributed by atoms with E-state index in [1.165, 1.54) is 0 Å². The summed E-state index contributed by atoms with van der Waals surface area (Å²) in [5.74, 6) is 1.40. The van der Waals surface area contributed by atoms with Crippen LogP contribution in [0.1, 0.15) is 11.5 Å². The van der Waals surface area contributed by atoms with E-state index in [2.05, 4.69) is 4.98 Å². The van der Waals surface area contributed by atoms with E-state index in [1.807, 2.05) is 72.8 Å². The second-order valence-electron chi connectivity index (χ2n) is 4.17. The van der Waals surface area contributed by atoms with E-state index in [-0.39, 0.29) is 0 Å². The Morgan fingerprint density at radius 2 is 1.47 bits per heavy atom. The number of rotatable bonds is 3. The van der Waals surface area contributed by atoms with Crippen molar-refractivity contribution in [3.63, 3.8) is 0 Å². The Hall–Kier alpha value is -2.61. The Morgan fingerprint density at radius 3 is 2.21 bits per heavy atom. The highest BCUT2D eigenvalue weighted by atomic mass is 16.4. The number of nitrogens with zero attached hydrogens (tertiary/aromatic N) is 1. The van der Waals surface area contributed by atoms with Crippen molar-refractivity contribution in [2.24, 2.45) is 0 Å². The molecule has 2 heteroatoms. The molecule has 2 nitrogen and oxygen atoms in total. The van der Waals surface area contributed by atoms with Gasteiger partial charge in [-0.05, 0) is 11.6 Å². The molecule has 1 heterocycles. The predicted octanol–water partition coefficient (Wildman–Crippen LogP) is 4.51. The van der Waals surface area contributed by atoms with Gasteiger partial charge in [0.2, 0.25) is 5.89 Å². The van der Waals surface area contributed by atoms with Gasteiger partial charge in [-0.2, -0.15) is 0 Å². The minimum atomic E-state index is 0.614. The van der Waals surface area contributed by atoms with Crippen molar-refractivity contribution in [1.29, 1.82) is 0 Å². The first kappa shape index (κ1) is 11.5. The zero-order chi connectivity index (χ0) is 12.9. The number of hydrogen-bond donors (Lipinski definition) is 0. The molecule has 92 valence electrons. The van der Waals surface area contributed by atoms with Crippen LogP contribution in [0.4, 0.5) is 0 Å². The van der Waals surface area contributed by atoms with Crippen LogP contribution in [0.15, 0.2) is 71.3 Å². The quantitative estimate of drug-likeness (QED) is 0.680. The van der Waals surface area contributed by atoms with Gasteiger partial charge in [0.05, 0.1) is 6.20 Å². The van der Waals surface area contributed by atoms with Crippen molar-refractivity contribution in [3.05, 3.63) is 78.3 Å². The molecule has 0 N–H and O–H groups in total. The lowest BCUT2D eigenvalue weighted by Gasteiger charge is -1.93. The van der Waals surface area contributed by atoms with E-state index in [4.69, 9.17) is 4.42 Å². The highest BCUT2D eigenvalue weighted by Gasteiger charge is 2.02. The van der Waals surface area contributed by atoms with Crippen LogP contribution >= 0.6 is 0 Å². The van der Waals surface area contributed by atoms with E-state index < -0.39 is 0 Å². The Morgan fingerprint density at radius 1 is 0.789 bits per heavy atom. The van der Waals surface area contributed by atoms with Gasteiger partial charge in [0.25, 0.3) is 0 Å². The van der Waals surface area contributed by atoms with Crippen LogP contribution < -0.4 is 0 Å². The average molecular weight is 247 g/mol. The topological polar surface area (TPSA) is 26.0 Å². The second kappa shape index (κ2) is 5.36. The molecule has 19 heavy (non-hydrogen) atoms. The molecular formula is C17H13NO. The first-order valence-corrected chi connectivity index (χ1v) is 6.16. The predicted molar refractivity (Wildman–Crippen MR) is 77.3 cm³/mol. The zero-order valence-electron chi connectivity index (χ0n) is 10.4. The fourth-order valence-electron chi connectivity index (χ4n) is 1.83. The largest absolute Gasteiger partial charge is 0.437 e. The molecule has 0 saturated heterocycles. The molecule has 0 amide bonds. The Balaban J connectivity index is 1.81. The molecule has 0 atom stereocenters. The monoisotopic (exact) mass is 247 g/mol. The molecule has 0 spiro atoms. The molecule has 3 aromatic rings. The first-order chi connectivity index (χ1) is 9.42. The third kappa shape index (κ3) is 2.80. The van der Waals surface area contributed by atoms with Crippen LogP contribution in [0.5, 0.6) is 0 Å². The molecule has 0 bridgehead atoms. The molecular weight excluding hydrogens is 234 g/mol. The minimum absolute atomic E-state index is 0.614. The Labute approximate surface area is 112 Å². The van der Waals surface area contributed by atoms with Gasteiger partial charge in [-0.3, -0.25) is 0 Å². The van der Waals surface area contributed by atoms with E-state index in [0.29, 0.717) is 5.89 Å². The van der Waals surface area contributed by atoms with Gasteiger partial charge in [0.15, 0.2) is 5.76 Å². The summed E-state index contributed by atoms with van der Waals surface area (Å²) in [5.41, 5.74) is 2.16. The van der Waals surface area contributed by atoms with Crippen molar-refractivity contribution in [2.75, 3.05) is 0 Å². The molecule has 0 fully saturated rings. The molecule has 0 aliphatic heterocycles. The minimum Gasteiger partial charge on any atom is -0.437 e. The summed E-state index contributed by atoms with van der Waals surface area (Å²) < 4.78 is 5.69. The summed E-state index contributed by atoms with van der Waals surface area (Å²) >= 11 is 0. The molecule has 0 unspecified atom stereocenters. The standard InChI is InChI=1S/C17H13NO/c1-3-7-14(8-4-1)11-12-17-18-13-16(19-17)15-9-5-2-6-10-15/h1-13H/b12-11+. The Bertz CT molecular complexity index is 669. The summed E-state index contributed by atoms with van der Waals surface area (Å²) in [5, 5.41) is 0. The van der Waals surface area contributed by atoms with E-state index >= 15 is 0 Å². The molecule has 1 aromatic heterocycles.